The van der Waals surface area contributed by atoms with Crippen LogP contribution in [0.5, 0.6) is 0 Å². The molecule has 0 unspecified atom stereocenters. The summed E-state index contributed by atoms with van der Waals surface area (Å²) in [5.41, 5.74) is 0. The van der Waals surface area contributed by atoms with Crippen molar-refractivity contribution in [3.8, 4) is 0 Å². The number of rotatable bonds is 4. The maximum Gasteiger partial charge on any atom is 0.192 e. The molecule has 0 radical (unpaired) electrons. The third kappa shape index (κ3) is 3.79. The summed E-state index contributed by atoms with van der Waals surface area (Å²) in [5, 5.41) is 29.5. The van der Waals surface area contributed by atoms with Crippen molar-refractivity contribution in [3.63, 3.8) is 0 Å². The molecule has 6 nitrogen and oxygen atoms in total. The van der Waals surface area contributed by atoms with Gasteiger partial charge in [-0.25, -0.2) is 0 Å². The zero-order chi connectivity index (χ0) is 15.7. The first kappa shape index (κ1) is 18.0. The smallest absolute Gasteiger partial charge is 0.192 e. The number of aliphatic hydroxyl groups excluding tert-OH is 3. The lowest BCUT2D eigenvalue weighted by Gasteiger charge is -2.42. The molecule has 1 saturated heterocycles. The molecule has 1 aliphatic rings. The molecular formula is C13H28O6Si. The second-order valence-corrected chi connectivity index (χ2v) is 11.6. The fourth-order valence-corrected chi connectivity index (χ4v) is 2.85. The van der Waals surface area contributed by atoms with E-state index >= 15 is 0 Å². The van der Waals surface area contributed by atoms with E-state index in [1.807, 2.05) is 0 Å². The van der Waals surface area contributed by atoms with Gasteiger partial charge in [0.15, 0.2) is 14.6 Å². The Bertz CT molecular complexity index is 316. The summed E-state index contributed by atoms with van der Waals surface area (Å²) in [6.07, 6.45) is -5.28. The Morgan fingerprint density at radius 2 is 1.65 bits per heavy atom. The van der Waals surface area contributed by atoms with Crippen molar-refractivity contribution in [3.05, 3.63) is 0 Å². The van der Waals surface area contributed by atoms with Crippen LogP contribution in [0.25, 0.3) is 0 Å². The van der Waals surface area contributed by atoms with Crippen LogP contribution in [0.4, 0.5) is 0 Å². The summed E-state index contributed by atoms with van der Waals surface area (Å²) in [7, 11) is -0.590. The molecule has 0 aromatic rings. The Balaban J connectivity index is 2.68. The highest BCUT2D eigenvalue weighted by Gasteiger charge is 2.46. The van der Waals surface area contributed by atoms with Crippen molar-refractivity contribution in [2.45, 2.75) is 69.6 Å². The molecule has 0 aromatic heterocycles. The highest BCUT2D eigenvalue weighted by Crippen LogP contribution is 2.37. The van der Waals surface area contributed by atoms with Gasteiger partial charge in [-0.05, 0) is 18.1 Å². The summed E-state index contributed by atoms with van der Waals surface area (Å²) in [6, 6.07) is 0. The first-order chi connectivity index (χ1) is 9.01. The third-order valence-corrected chi connectivity index (χ3v) is 8.85. The van der Waals surface area contributed by atoms with Crippen LogP contribution in [-0.2, 0) is 13.9 Å². The van der Waals surface area contributed by atoms with Crippen molar-refractivity contribution >= 4 is 8.32 Å². The SMILES string of the molecule is CO[C@@H]1[C@@H](O)[C@@H](O)O[C@H](CO[Si](C)(C)C(C)(C)C)[C@@H]1O. The highest BCUT2D eigenvalue weighted by molar-refractivity contribution is 6.74. The molecule has 0 saturated carbocycles. The van der Waals surface area contributed by atoms with Gasteiger partial charge in [0, 0.05) is 7.11 Å². The van der Waals surface area contributed by atoms with Crippen molar-refractivity contribution in [1.82, 2.24) is 0 Å². The number of methoxy groups -OCH3 is 1. The average molecular weight is 308 g/mol. The Labute approximate surface area is 121 Å². The van der Waals surface area contributed by atoms with Crippen molar-refractivity contribution in [2.24, 2.45) is 0 Å². The molecule has 20 heavy (non-hydrogen) atoms. The second-order valence-electron chi connectivity index (χ2n) is 6.82. The largest absolute Gasteiger partial charge is 0.414 e. The number of hydrogen-bond donors (Lipinski definition) is 3. The lowest BCUT2D eigenvalue weighted by atomic mass is 9.99. The monoisotopic (exact) mass is 308 g/mol. The molecule has 7 heteroatoms. The predicted molar refractivity (Wildman–Crippen MR) is 76.8 cm³/mol. The molecular weight excluding hydrogens is 280 g/mol. The fourth-order valence-electron chi connectivity index (χ4n) is 1.84. The molecule has 5 atom stereocenters. The van der Waals surface area contributed by atoms with Crippen molar-refractivity contribution in [2.75, 3.05) is 13.7 Å². The van der Waals surface area contributed by atoms with Gasteiger partial charge < -0.3 is 29.2 Å². The molecule has 0 amide bonds. The lowest BCUT2D eigenvalue weighted by molar-refractivity contribution is -0.290. The van der Waals surface area contributed by atoms with Crippen LogP contribution >= 0.6 is 0 Å². The third-order valence-electron chi connectivity index (χ3n) is 4.35. The molecule has 1 aliphatic heterocycles. The van der Waals surface area contributed by atoms with E-state index in [1.54, 1.807) is 0 Å². The predicted octanol–water partition coefficient (Wildman–Crippen LogP) is 0.462. The van der Waals surface area contributed by atoms with E-state index in [2.05, 4.69) is 33.9 Å². The normalized spacial score (nSPS) is 36.1. The topological polar surface area (TPSA) is 88.4 Å². The average Bonchev–Trinajstić information content (AvgIpc) is 2.31. The van der Waals surface area contributed by atoms with Gasteiger partial charge in [0.05, 0.1) is 6.61 Å². The molecule has 0 aliphatic carbocycles. The second kappa shape index (κ2) is 6.39. The van der Waals surface area contributed by atoms with Crippen LogP contribution < -0.4 is 0 Å². The summed E-state index contributed by atoms with van der Waals surface area (Å²) in [6.45, 7) is 10.7. The maximum absolute atomic E-state index is 10.1. The summed E-state index contributed by atoms with van der Waals surface area (Å²) >= 11 is 0. The zero-order valence-electron chi connectivity index (χ0n) is 13.2. The molecule has 0 aromatic carbocycles. The Hall–Kier alpha value is -0.0231. The molecule has 0 spiro atoms. The van der Waals surface area contributed by atoms with E-state index < -0.39 is 39.0 Å². The first-order valence-electron chi connectivity index (χ1n) is 6.87. The van der Waals surface area contributed by atoms with Crippen LogP contribution in [-0.4, -0.2) is 68.1 Å². The minimum Gasteiger partial charge on any atom is -0.414 e. The minimum absolute atomic E-state index is 0.0470. The van der Waals surface area contributed by atoms with Gasteiger partial charge in [-0.1, -0.05) is 20.8 Å². The van der Waals surface area contributed by atoms with Gasteiger partial charge in [0.2, 0.25) is 0 Å². The van der Waals surface area contributed by atoms with Crippen LogP contribution in [0.3, 0.4) is 0 Å². The molecule has 1 heterocycles. The number of aliphatic hydroxyl groups is 3. The molecule has 120 valence electrons. The Morgan fingerprint density at radius 3 is 2.10 bits per heavy atom. The van der Waals surface area contributed by atoms with E-state index in [1.165, 1.54) is 7.11 Å². The number of hydrogen-bond acceptors (Lipinski definition) is 6. The zero-order valence-corrected chi connectivity index (χ0v) is 14.2. The Morgan fingerprint density at radius 1 is 1.10 bits per heavy atom. The standard InChI is InChI=1S/C13H28O6Si/c1-13(2,3)20(5,6)18-7-8-9(14)11(17-4)10(15)12(16)19-8/h8-12,14-16H,7H2,1-6H3/t8-,9+,10-,11+,12+/m1/s1. The van der Waals surface area contributed by atoms with E-state index in [4.69, 9.17) is 13.9 Å². The van der Waals surface area contributed by atoms with Gasteiger partial charge in [0.25, 0.3) is 0 Å². The first-order valence-corrected chi connectivity index (χ1v) is 9.78. The van der Waals surface area contributed by atoms with Gasteiger partial charge in [-0.3, -0.25) is 0 Å². The van der Waals surface area contributed by atoms with Crippen molar-refractivity contribution in [1.29, 1.82) is 0 Å². The van der Waals surface area contributed by atoms with Gasteiger partial charge >= 0.3 is 0 Å². The lowest BCUT2D eigenvalue weighted by Crippen LogP contribution is -2.60. The van der Waals surface area contributed by atoms with Crippen LogP contribution in [0.15, 0.2) is 0 Å². The van der Waals surface area contributed by atoms with E-state index in [0.29, 0.717) is 0 Å². The van der Waals surface area contributed by atoms with Crippen molar-refractivity contribution < 1.29 is 29.2 Å². The highest BCUT2D eigenvalue weighted by atomic mass is 28.4. The number of ether oxygens (including phenoxy) is 2. The van der Waals surface area contributed by atoms with Crippen LogP contribution in [0, 0.1) is 0 Å². The maximum atomic E-state index is 10.1. The summed E-state index contributed by atoms with van der Waals surface area (Å²) in [5.74, 6) is 0. The summed E-state index contributed by atoms with van der Waals surface area (Å²) in [4.78, 5) is 0. The van der Waals surface area contributed by atoms with E-state index in [9.17, 15) is 15.3 Å². The molecule has 3 N–H and O–H groups in total. The van der Waals surface area contributed by atoms with Gasteiger partial charge in [-0.15, -0.1) is 0 Å². The van der Waals surface area contributed by atoms with Crippen LogP contribution in [0.2, 0.25) is 18.1 Å². The molecule has 1 rings (SSSR count). The molecule has 0 bridgehead atoms. The quantitative estimate of drug-likeness (QED) is 0.654. The van der Waals surface area contributed by atoms with Gasteiger partial charge in [0.1, 0.15) is 24.4 Å². The minimum atomic E-state index is -1.97. The van der Waals surface area contributed by atoms with Gasteiger partial charge in [-0.2, -0.15) is 0 Å². The fraction of sp³-hybridized carbons (Fsp3) is 1.00. The molecule has 1 fully saturated rings. The van der Waals surface area contributed by atoms with E-state index in [-0.39, 0.29) is 11.6 Å². The van der Waals surface area contributed by atoms with E-state index in [0.717, 1.165) is 0 Å². The Kier molecular flexibility index (Phi) is 5.76. The van der Waals surface area contributed by atoms with Crippen LogP contribution in [0.1, 0.15) is 20.8 Å². The summed E-state index contributed by atoms with van der Waals surface area (Å²) < 4.78 is 16.2.